The first-order chi connectivity index (χ1) is 15.0. The third-order valence-electron chi connectivity index (χ3n) is 3.83. The van der Waals surface area contributed by atoms with E-state index in [0.717, 1.165) is 25.3 Å². The summed E-state index contributed by atoms with van der Waals surface area (Å²) >= 11 is 0. The van der Waals surface area contributed by atoms with Gasteiger partial charge >= 0.3 is 11.9 Å². The van der Waals surface area contributed by atoms with Gasteiger partial charge in [0.2, 0.25) is 0 Å². The molecule has 2 aromatic carbocycles. The highest BCUT2D eigenvalue weighted by Gasteiger charge is 2.25. The highest BCUT2D eigenvalue weighted by molar-refractivity contribution is 5.95. The van der Waals surface area contributed by atoms with E-state index in [4.69, 9.17) is 14.6 Å². The minimum absolute atomic E-state index is 0.147. The SMILES string of the molecule is COC(=O)c1cc(OC)c(OC)cc1[N+](=O)[O-].COc1cc([N+](=O)[O-])c(C(=O)O)cc1O. The second-order valence-corrected chi connectivity index (χ2v) is 5.58. The molecule has 2 aromatic rings. The predicted molar refractivity (Wildman–Crippen MR) is 106 cm³/mol. The number of carboxylic acid groups (broad SMARTS) is 1. The van der Waals surface area contributed by atoms with Crippen LogP contribution < -0.4 is 14.2 Å². The molecule has 0 aliphatic carbocycles. The van der Waals surface area contributed by atoms with Crippen LogP contribution in [0.4, 0.5) is 11.4 Å². The van der Waals surface area contributed by atoms with Gasteiger partial charge in [-0.2, -0.15) is 0 Å². The van der Waals surface area contributed by atoms with Gasteiger partial charge in [-0.1, -0.05) is 0 Å². The number of methoxy groups -OCH3 is 4. The number of phenols is 1. The lowest BCUT2D eigenvalue weighted by atomic mass is 10.1. The Morgan fingerprint density at radius 1 is 0.781 bits per heavy atom. The largest absolute Gasteiger partial charge is 0.504 e. The number of nitro benzene ring substituents is 2. The molecule has 0 aliphatic rings. The number of hydrogen-bond acceptors (Lipinski definition) is 11. The number of aromatic carboxylic acids is 1. The zero-order chi connectivity index (χ0) is 24.6. The minimum atomic E-state index is -1.49. The molecular formula is C18H18N2O12. The molecule has 0 heterocycles. The third kappa shape index (κ3) is 5.71. The van der Waals surface area contributed by atoms with Gasteiger partial charge in [0.05, 0.1) is 50.4 Å². The van der Waals surface area contributed by atoms with Gasteiger partial charge in [-0.25, -0.2) is 9.59 Å². The molecule has 32 heavy (non-hydrogen) atoms. The standard InChI is InChI=1S/C10H11NO6.C8H7NO6/c1-15-8-4-6(10(12)17-3)7(11(13)14)5-9(8)16-2;1-15-7-3-5(9(13)14)4(8(11)12)2-6(7)10/h4-5H,1-3H3;2-3,10H,1H3,(H,11,12). The summed E-state index contributed by atoms with van der Waals surface area (Å²) < 4.78 is 18.9. The number of nitro groups is 2. The average Bonchev–Trinajstić information content (AvgIpc) is 2.77. The zero-order valence-corrected chi connectivity index (χ0v) is 17.2. The Bertz CT molecular complexity index is 1050. The molecule has 0 radical (unpaired) electrons. The fourth-order valence-electron chi connectivity index (χ4n) is 2.34. The van der Waals surface area contributed by atoms with Gasteiger partial charge in [0.25, 0.3) is 11.4 Å². The number of ether oxygens (including phenoxy) is 4. The number of aromatic hydroxyl groups is 1. The summed E-state index contributed by atoms with van der Waals surface area (Å²) in [5.74, 6) is -2.50. The molecule has 0 bridgehead atoms. The molecule has 2 N–H and O–H groups in total. The first-order valence-corrected chi connectivity index (χ1v) is 8.29. The van der Waals surface area contributed by atoms with E-state index in [0.29, 0.717) is 0 Å². The molecule has 0 amide bonds. The lowest BCUT2D eigenvalue weighted by Gasteiger charge is -2.09. The second-order valence-electron chi connectivity index (χ2n) is 5.58. The van der Waals surface area contributed by atoms with Crippen molar-refractivity contribution in [2.24, 2.45) is 0 Å². The van der Waals surface area contributed by atoms with E-state index < -0.39 is 44.5 Å². The molecule has 0 atom stereocenters. The molecule has 172 valence electrons. The second kappa shape index (κ2) is 11.0. The molecule has 0 fully saturated rings. The molecule has 0 aromatic heterocycles. The number of hydrogen-bond donors (Lipinski definition) is 2. The molecule has 14 nitrogen and oxygen atoms in total. The number of benzene rings is 2. The lowest BCUT2D eigenvalue weighted by Crippen LogP contribution is -2.07. The van der Waals surface area contributed by atoms with E-state index in [9.17, 15) is 34.9 Å². The average molecular weight is 454 g/mol. The first-order valence-electron chi connectivity index (χ1n) is 8.29. The summed E-state index contributed by atoms with van der Waals surface area (Å²) in [6, 6.07) is 3.96. The van der Waals surface area contributed by atoms with Gasteiger partial charge in [0, 0.05) is 12.1 Å². The van der Waals surface area contributed by atoms with Crippen LogP contribution >= 0.6 is 0 Å². The van der Waals surface area contributed by atoms with Crippen LogP contribution in [-0.4, -0.2) is 60.4 Å². The van der Waals surface area contributed by atoms with E-state index in [1.54, 1.807) is 0 Å². The highest BCUT2D eigenvalue weighted by Crippen LogP contribution is 2.35. The summed E-state index contributed by atoms with van der Waals surface area (Å²) in [4.78, 5) is 41.8. The highest BCUT2D eigenvalue weighted by atomic mass is 16.6. The number of rotatable bonds is 7. The van der Waals surface area contributed by atoms with Crippen molar-refractivity contribution >= 4 is 23.3 Å². The maximum absolute atomic E-state index is 11.4. The number of phenolic OH excluding ortho intramolecular Hbond substituents is 1. The van der Waals surface area contributed by atoms with Gasteiger partial charge in [-0.3, -0.25) is 20.2 Å². The van der Waals surface area contributed by atoms with E-state index in [2.05, 4.69) is 9.47 Å². The maximum Gasteiger partial charge on any atom is 0.345 e. The van der Waals surface area contributed by atoms with E-state index in [1.807, 2.05) is 0 Å². The fraction of sp³-hybridized carbons (Fsp3) is 0.222. The maximum atomic E-state index is 11.4. The van der Waals surface area contributed by atoms with Crippen LogP contribution in [-0.2, 0) is 4.74 Å². The molecule has 2 rings (SSSR count). The van der Waals surface area contributed by atoms with Crippen molar-refractivity contribution < 1.29 is 48.6 Å². The van der Waals surface area contributed by atoms with Gasteiger partial charge in [-0.05, 0) is 0 Å². The molecular weight excluding hydrogens is 436 g/mol. The Morgan fingerprint density at radius 3 is 1.62 bits per heavy atom. The predicted octanol–water partition coefficient (Wildman–Crippen LogP) is 2.41. The minimum Gasteiger partial charge on any atom is -0.504 e. The van der Waals surface area contributed by atoms with Crippen LogP contribution in [0.1, 0.15) is 20.7 Å². The van der Waals surface area contributed by atoms with Crippen LogP contribution in [0, 0.1) is 20.2 Å². The van der Waals surface area contributed by atoms with Crippen LogP contribution in [0.25, 0.3) is 0 Å². The van der Waals surface area contributed by atoms with Gasteiger partial charge in [0.15, 0.2) is 23.0 Å². The smallest absolute Gasteiger partial charge is 0.345 e. The number of carbonyl (C=O) groups is 2. The van der Waals surface area contributed by atoms with E-state index >= 15 is 0 Å². The first kappa shape index (κ1) is 25.4. The Hall–Kier alpha value is -4.62. The summed E-state index contributed by atoms with van der Waals surface area (Å²) in [5.41, 5.74) is -1.79. The Labute approximate surface area is 179 Å². The molecule has 14 heteroatoms. The summed E-state index contributed by atoms with van der Waals surface area (Å²) in [5, 5.41) is 39.2. The lowest BCUT2D eigenvalue weighted by molar-refractivity contribution is -0.385. The summed E-state index contributed by atoms with van der Waals surface area (Å²) in [6.07, 6.45) is 0. The Kier molecular flexibility index (Phi) is 8.70. The quantitative estimate of drug-likeness (QED) is 0.352. The number of esters is 1. The van der Waals surface area contributed by atoms with Crippen LogP contribution in [0.15, 0.2) is 24.3 Å². The van der Waals surface area contributed by atoms with E-state index in [1.165, 1.54) is 27.4 Å². The fourth-order valence-corrected chi connectivity index (χ4v) is 2.34. The van der Waals surface area contributed by atoms with Crippen molar-refractivity contribution in [3.63, 3.8) is 0 Å². The van der Waals surface area contributed by atoms with Gasteiger partial charge in [-0.15, -0.1) is 0 Å². The monoisotopic (exact) mass is 454 g/mol. The molecule has 0 saturated heterocycles. The van der Waals surface area contributed by atoms with Crippen molar-refractivity contribution in [3.8, 4) is 23.0 Å². The Balaban J connectivity index is 0.000000323. The number of nitrogens with zero attached hydrogens (tertiary/aromatic N) is 2. The Morgan fingerprint density at radius 2 is 1.22 bits per heavy atom. The third-order valence-corrected chi connectivity index (χ3v) is 3.83. The number of carboxylic acids is 1. The van der Waals surface area contributed by atoms with Crippen LogP contribution in [0.5, 0.6) is 23.0 Å². The van der Waals surface area contributed by atoms with E-state index in [-0.39, 0.29) is 22.8 Å². The molecule has 0 spiro atoms. The van der Waals surface area contributed by atoms with Gasteiger partial charge < -0.3 is 29.2 Å². The topological polar surface area (TPSA) is 198 Å². The molecule has 0 aliphatic heterocycles. The van der Waals surface area contributed by atoms with Crippen LogP contribution in [0.3, 0.4) is 0 Å². The normalized spacial score (nSPS) is 9.62. The summed E-state index contributed by atoms with van der Waals surface area (Å²) in [6.45, 7) is 0. The van der Waals surface area contributed by atoms with Crippen molar-refractivity contribution in [3.05, 3.63) is 55.6 Å². The molecule has 0 saturated carbocycles. The van der Waals surface area contributed by atoms with Crippen molar-refractivity contribution in [1.29, 1.82) is 0 Å². The molecule has 0 unspecified atom stereocenters. The summed E-state index contributed by atoms with van der Waals surface area (Å²) in [7, 11) is 5.06. The van der Waals surface area contributed by atoms with Crippen molar-refractivity contribution in [2.75, 3.05) is 28.4 Å². The number of carbonyl (C=O) groups excluding carboxylic acids is 1. The van der Waals surface area contributed by atoms with Gasteiger partial charge in [0.1, 0.15) is 11.1 Å². The van der Waals surface area contributed by atoms with Crippen molar-refractivity contribution in [1.82, 2.24) is 0 Å². The van der Waals surface area contributed by atoms with Crippen LogP contribution in [0.2, 0.25) is 0 Å². The zero-order valence-electron chi connectivity index (χ0n) is 17.2. The van der Waals surface area contributed by atoms with Crippen molar-refractivity contribution in [2.45, 2.75) is 0 Å².